The first-order valence-electron chi connectivity index (χ1n) is 5.17. The van der Waals surface area contributed by atoms with Gasteiger partial charge < -0.3 is 5.73 Å². The maximum absolute atomic E-state index is 12.2. The van der Waals surface area contributed by atoms with Crippen molar-refractivity contribution >= 4 is 27.2 Å². The summed E-state index contributed by atoms with van der Waals surface area (Å²) in [6.45, 7) is 2.33. The lowest BCUT2D eigenvalue weighted by Crippen LogP contribution is -2.38. The second kappa shape index (κ2) is 6.04. The minimum absolute atomic E-state index is 0.0560. The van der Waals surface area contributed by atoms with Crippen molar-refractivity contribution in [3.63, 3.8) is 0 Å². The molecule has 1 aromatic rings. The van der Waals surface area contributed by atoms with Gasteiger partial charge in [-0.1, -0.05) is 19.1 Å². The van der Waals surface area contributed by atoms with Gasteiger partial charge in [0.15, 0.2) is 0 Å². The summed E-state index contributed by atoms with van der Waals surface area (Å²) in [6.07, 6.45) is 3.54. The largest absolute Gasteiger partial charge is 0.392 e. The first-order chi connectivity index (χ1) is 7.98. The van der Waals surface area contributed by atoms with Gasteiger partial charge in [-0.15, -0.1) is 0 Å². The van der Waals surface area contributed by atoms with Crippen LogP contribution >= 0.6 is 12.2 Å². The number of sulfonamides is 1. The van der Waals surface area contributed by atoms with E-state index in [1.807, 2.05) is 6.92 Å². The second-order valence-electron chi connectivity index (χ2n) is 3.49. The van der Waals surface area contributed by atoms with Crippen LogP contribution in [0.5, 0.6) is 0 Å². The molecule has 1 aromatic heterocycles. The van der Waals surface area contributed by atoms with E-state index in [4.69, 9.17) is 18.0 Å². The van der Waals surface area contributed by atoms with Crippen molar-refractivity contribution in [2.75, 3.05) is 13.1 Å². The van der Waals surface area contributed by atoms with Gasteiger partial charge in [0, 0.05) is 18.9 Å². The highest BCUT2D eigenvalue weighted by Crippen LogP contribution is 2.14. The first kappa shape index (κ1) is 14.0. The topological polar surface area (TPSA) is 76.3 Å². The summed E-state index contributed by atoms with van der Waals surface area (Å²) in [6, 6.07) is 3.09. The predicted octanol–water partition coefficient (Wildman–Crippen LogP) is 0.768. The Balaban J connectivity index is 3.04. The molecule has 17 heavy (non-hydrogen) atoms. The molecule has 5 nitrogen and oxygen atoms in total. The number of hydrogen-bond donors (Lipinski definition) is 1. The Morgan fingerprint density at radius 2 is 2.29 bits per heavy atom. The first-order valence-corrected chi connectivity index (χ1v) is 7.01. The highest BCUT2D eigenvalue weighted by Gasteiger charge is 2.24. The molecule has 0 amide bonds. The number of thiocarbonyl (C=S) groups is 1. The van der Waals surface area contributed by atoms with E-state index in [0.717, 1.165) is 0 Å². The molecule has 0 aliphatic carbocycles. The summed E-state index contributed by atoms with van der Waals surface area (Å²) in [5, 5.41) is 0. The monoisotopic (exact) mass is 273 g/mol. The third-order valence-corrected chi connectivity index (χ3v) is 4.04. The summed E-state index contributed by atoms with van der Waals surface area (Å²) in [7, 11) is -3.55. The van der Waals surface area contributed by atoms with Crippen molar-refractivity contribution in [2.24, 2.45) is 5.73 Å². The quantitative estimate of drug-likeness (QED) is 0.775. The summed E-state index contributed by atoms with van der Waals surface area (Å²) >= 11 is 4.76. The van der Waals surface area contributed by atoms with Gasteiger partial charge in [-0.2, -0.15) is 4.31 Å². The van der Waals surface area contributed by atoms with Gasteiger partial charge in [0.05, 0.1) is 11.5 Å². The molecule has 1 heterocycles. The summed E-state index contributed by atoms with van der Waals surface area (Å²) in [4.78, 5) is 4.12. The zero-order valence-electron chi connectivity index (χ0n) is 9.54. The maximum Gasteiger partial charge on any atom is 0.244 e. The standard InChI is InChI=1S/C10H15N3O2S2/c1-2-6-13(8-10(11)16)17(14,15)9-4-3-5-12-7-9/h3-5,7H,2,6,8H2,1H3,(H2,11,16). The van der Waals surface area contributed by atoms with Crippen LogP contribution in [-0.2, 0) is 10.0 Å². The number of rotatable bonds is 6. The van der Waals surface area contributed by atoms with Gasteiger partial charge >= 0.3 is 0 Å². The van der Waals surface area contributed by atoms with E-state index in [-0.39, 0.29) is 16.4 Å². The van der Waals surface area contributed by atoms with Crippen LogP contribution in [0.1, 0.15) is 13.3 Å². The van der Waals surface area contributed by atoms with Gasteiger partial charge in [0.2, 0.25) is 10.0 Å². The molecule has 0 aliphatic heterocycles. The third kappa shape index (κ3) is 3.72. The molecule has 2 N–H and O–H groups in total. The van der Waals surface area contributed by atoms with Crippen LogP contribution in [0.25, 0.3) is 0 Å². The van der Waals surface area contributed by atoms with Crippen molar-refractivity contribution < 1.29 is 8.42 Å². The Hall–Kier alpha value is -1.05. The fourth-order valence-electron chi connectivity index (χ4n) is 1.36. The minimum atomic E-state index is -3.55. The fourth-order valence-corrected chi connectivity index (χ4v) is 3.07. The average molecular weight is 273 g/mol. The molecule has 0 radical (unpaired) electrons. The van der Waals surface area contributed by atoms with Gasteiger partial charge in [-0.3, -0.25) is 4.98 Å². The Morgan fingerprint density at radius 1 is 1.59 bits per heavy atom. The van der Waals surface area contributed by atoms with E-state index < -0.39 is 10.0 Å². The van der Waals surface area contributed by atoms with E-state index in [1.165, 1.54) is 22.8 Å². The third-order valence-electron chi connectivity index (χ3n) is 2.08. The van der Waals surface area contributed by atoms with Crippen molar-refractivity contribution in [3.05, 3.63) is 24.5 Å². The zero-order chi connectivity index (χ0) is 12.9. The van der Waals surface area contributed by atoms with Crippen molar-refractivity contribution in [1.29, 1.82) is 0 Å². The van der Waals surface area contributed by atoms with Crippen LogP contribution < -0.4 is 5.73 Å². The Morgan fingerprint density at radius 3 is 2.76 bits per heavy atom. The second-order valence-corrected chi connectivity index (χ2v) is 5.96. The number of pyridine rings is 1. The lowest BCUT2D eigenvalue weighted by molar-refractivity contribution is 0.449. The molecular weight excluding hydrogens is 258 g/mol. The Kier molecular flexibility index (Phi) is 4.98. The number of nitrogens with zero attached hydrogens (tertiary/aromatic N) is 2. The minimum Gasteiger partial charge on any atom is -0.392 e. The van der Waals surface area contributed by atoms with Crippen LogP contribution in [0.15, 0.2) is 29.4 Å². The van der Waals surface area contributed by atoms with Crippen molar-refractivity contribution in [2.45, 2.75) is 18.2 Å². The average Bonchev–Trinajstić information content (AvgIpc) is 2.29. The molecular formula is C10H15N3O2S2. The zero-order valence-corrected chi connectivity index (χ0v) is 11.2. The number of hydrogen-bond acceptors (Lipinski definition) is 4. The van der Waals surface area contributed by atoms with E-state index in [9.17, 15) is 8.42 Å². The molecule has 7 heteroatoms. The van der Waals surface area contributed by atoms with Crippen LogP contribution in [0.3, 0.4) is 0 Å². The highest BCUT2D eigenvalue weighted by atomic mass is 32.2. The number of aromatic nitrogens is 1. The van der Waals surface area contributed by atoms with Crippen LogP contribution in [-0.4, -0.2) is 35.8 Å². The van der Waals surface area contributed by atoms with Gasteiger partial charge in [-0.05, 0) is 18.6 Å². The smallest absolute Gasteiger partial charge is 0.244 e. The van der Waals surface area contributed by atoms with Gasteiger partial charge in [0.1, 0.15) is 4.90 Å². The fraction of sp³-hybridized carbons (Fsp3) is 0.400. The van der Waals surface area contributed by atoms with E-state index >= 15 is 0 Å². The maximum atomic E-state index is 12.2. The SMILES string of the molecule is CCCN(CC(N)=S)S(=O)(=O)c1cccnc1. The lowest BCUT2D eigenvalue weighted by atomic mass is 10.5. The Bertz CT molecular complexity index is 474. The molecule has 0 unspecified atom stereocenters. The Labute approximate surface area is 107 Å². The van der Waals surface area contributed by atoms with Gasteiger partial charge in [0.25, 0.3) is 0 Å². The van der Waals surface area contributed by atoms with E-state index in [2.05, 4.69) is 4.98 Å². The van der Waals surface area contributed by atoms with E-state index in [1.54, 1.807) is 6.07 Å². The lowest BCUT2D eigenvalue weighted by Gasteiger charge is -2.20. The van der Waals surface area contributed by atoms with Gasteiger partial charge in [-0.25, -0.2) is 8.42 Å². The normalized spacial score (nSPS) is 11.6. The number of nitrogens with two attached hydrogens (primary N) is 1. The molecule has 0 aliphatic rings. The molecule has 0 aromatic carbocycles. The molecule has 0 fully saturated rings. The molecule has 0 bridgehead atoms. The highest BCUT2D eigenvalue weighted by molar-refractivity contribution is 7.89. The molecule has 0 spiro atoms. The molecule has 0 saturated carbocycles. The summed E-state index contributed by atoms with van der Waals surface area (Å²) < 4.78 is 25.7. The van der Waals surface area contributed by atoms with Crippen molar-refractivity contribution in [1.82, 2.24) is 9.29 Å². The molecule has 0 saturated heterocycles. The van der Waals surface area contributed by atoms with Crippen LogP contribution in [0, 0.1) is 0 Å². The summed E-state index contributed by atoms with van der Waals surface area (Å²) in [5.41, 5.74) is 5.41. The summed E-state index contributed by atoms with van der Waals surface area (Å²) in [5.74, 6) is 0. The van der Waals surface area contributed by atoms with Crippen molar-refractivity contribution in [3.8, 4) is 0 Å². The molecule has 94 valence electrons. The molecule has 1 rings (SSSR count). The van der Waals surface area contributed by atoms with Crippen LogP contribution in [0.2, 0.25) is 0 Å². The molecule has 0 atom stereocenters. The van der Waals surface area contributed by atoms with E-state index in [0.29, 0.717) is 13.0 Å². The van der Waals surface area contributed by atoms with Crippen LogP contribution in [0.4, 0.5) is 0 Å². The predicted molar refractivity (Wildman–Crippen MR) is 70.1 cm³/mol.